The molecule has 0 unspecified atom stereocenters. The first-order chi connectivity index (χ1) is 10.0. The van der Waals surface area contributed by atoms with Crippen LogP contribution in [0.15, 0.2) is 42.5 Å². The molecule has 4 heteroatoms. The van der Waals surface area contributed by atoms with Crippen molar-refractivity contribution in [1.82, 2.24) is 9.88 Å². The fourth-order valence-electron chi connectivity index (χ4n) is 2.10. The van der Waals surface area contributed by atoms with Gasteiger partial charge in [0.2, 0.25) is 0 Å². The van der Waals surface area contributed by atoms with Gasteiger partial charge in [0.1, 0.15) is 9.88 Å². The van der Waals surface area contributed by atoms with Gasteiger partial charge in [-0.2, -0.15) is 0 Å². The third-order valence-electron chi connectivity index (χ3n) is 3.14. The van der Waals surface area contributed by atoms with E-state index in [0.29, 0.717) is 13.1 Å². The van der Waals surface area contributed by atoms with E-state index in [4.69, 9.17) is 0 Å². The molecule has 1 aromatic carbocycles. The minimum absolute atomic E-state index is 0.0395. The van der Waals surface area contributed by atoms with Gasteiger partial charge in [0.05, 0.1) is 5.69 Å². The number of benzene rings is 1. The molecule has 0 saturated carbocycles. The normalized spacial score (nSPS) is 10.4. The van der Waals surface area contributed by atoms with Crippen LogP contribution in [0.25, 0.3) is 10.6 Å². The second-order valence-electron chi connectivity index (χ2n) is 5.08. The van der Waals surface area contributed by atoms with Crippen LogP contribution < -0.4 is 0 Å². The highest BCUT2D eigenvalue weighted by Crippen LogP contribution is 2.28. The summed E-state index contributed by atoms with van der Waals surface area (Å²) in [5.41, 5.74) is 2.83. The molecule has 1 aromatic heterocycles. The average Bonchev–Trinajstić information content (AvgIpc) is 2.87. The van der Waals surface area contributed by atoms with Crippen molar-refractivity contribution < 1.29 is 4.79 Å². The third-order valence-corrected chi connectivity index (χ3v) is 4.34. The van der Waals surface area contributed by atoms with E-state index in [1.165, 1.54) is 11.3 Å². The van der Waals surface area contributed by atoms with Crippen LogP contribution in [0.3, 0.4) is 0 Å². The maximum absolute atomic E-state index is 12.6. The summed E-state index contributed by atoms with van der Waals surface area (Å²) in [4.78, 5) is 19.7. The number of carbonyl (C=O) groups excluding carboxylic acids is 1. The second kappa shape index (κ2) is 6.68. The smallest absolute Gasteiger partial charge is 0.266 e. The minimum atomic E-state index is 0.0395. The Labute approximate surface area is 129 Å². The van der Waals surface area contributed by atoms with Gasteiger partial charge in [0, 0.05) is 18.7 Å². The lowest BCUT2D eigenvalue weighted by molar-refractivity contribution is 0.0782. The number of nitrogens with zero attached hydrogens (tertiary/aromatic N) is 2. The van der Waals surface area contributed by atoms with E-state index in [-0.39, 0.29) is 5.91 Å². The number of rotatable bonds is 5. The molecular formula is C17H20N2OS. The van der Waals surface area contributed by atoms with Crippen LogP contribution in [-0.4, -0.2) is 28.9 Å². The van der Waals surface area contributed by atoms with Crippen LogP contribution in [0.1, 0.15) is 29.2 Å². The molecular weight excluding hydrogens is 280 g/mol. The number of aryl methyl sites for hydroxylation is 1. The Morgan fingerprint density at radius 3 is 2.57 bits per heavy atom. The Kier molecular flexibility index (Phi) is 4.91. The van der Waals surface area contributed by atoms with E-state index < -0.39 is 0 Å². The first kappa shape index (κ1) is 15.4. The lowest BCUT2D eigenvalue weighted by Crippen LogP contribution is -2.32. The molecule has 0 N–H and O–H groups in total. The third kappa shape index (κ3) is 3.58. The molecule has 0 saturated heterocycles. The molecule has 0 aliphatic heterocycles. The van der Waals surface area contributed by atoms with E-state index in [1.54, 1.807) is 4.90 Å². The lowest BCUT2D eigenvalue weighted by Gasteiger charge is -2.20. The summed E-state index contributed by atoms with van der Waals surface area (Å²) in [5, 5.41) is 0.892. The minimum Gasteiger partial charge on any atom is -0.334 e. The quantitative estimate of drug-likeness (QED) is 0.777. The highest BCUT2D eigenvalue weighted by Gasteiger charge is 2.20. The maximum Gasteiger partial charge on any atom is 0.266 e. The van der Waals surface area contributed by atoms with E-state index in [2.05, 4.69) is 11.6 Å². The molecule has 0 bridgehead atoms. The molecule has 2 aromatic rings. The Morgan fingerprint density at radius 1 is 1.33 bits per heavy atom. The molecule has 0 radical (unpaired) electrons. The topological polar surface area (TPSA) is 33.2 Å². The zero-order chi connectivity index (χ0) is 15.4. The van der Waals surface area contributed by atoms with Crippen molar-refractivity contribution in [3.8, 4) is 10.6 Å². The molecule has 0 atom stereocenters. The van der Waals surface area contributed by atoms with Crippen LogP contribution in [0.4, 0.5) is 0 Å². The monoisotopic (exact) mass is 300 g/mol. The molecule has 0 fully saturated rings. The number of hydrogen-bond acceptors (Lipinski definition) is 3. The summed E-state index contributed by atoms with van der Waals surface area (Å²) in [7, 11) is 0. The number of amides is 1. The van der Waals surface area contributed by atoms with E-state index in [1.807, 2.05) is 51.1 Å². The molecule has 0 aliphatic rings. The van der Waals surface area contributed by atoms with Gasteiger partial charge in [0.15, 0.2) is 0 Å². The van der Waals surface area contributed by atoms with Crippen LogP contribution in [0.5, 0.6) is 0 Å². The summed E-state index contributed by atoms with van der Waals surface area (Å²) in [5.74, 6) is 0.0395. The summed E-state index contributed by atoms with van der Waals surface area (Å²) < 4.78 is 0. The highest BCUT2D eigenvalue weighted by molar-refractivity contribution is 7.17. The number of hydrogen-bond donors (Lipinski definition) is 0. The Balaban J connectivity index is 2.30. The van der Waals surface area contributed by atoms with Crippen molar-refractivity contribution in [2.24, 2.45) is 0 Å². The van der Waals surface area contributed by atoms with E-state index in [0.717, 1.165) is 26.7 Å². The van der Waals surface area contributed by atoms with Crippen molar-refractivity contribution in [1.29, 1.82) is 0 Å². The van der Waals surface area contributed by atoms with Crippen LogP contribution in [0.2, 0.25) is 0 Å². The molecule has 3 nitrogen and oxygen atoms in total. The highest BCUT2D eigenvalue weighted by atomic mass is 32.1. The van der Waals surface area contributed by atoms with Crippen LogP contribution >= 0.6 is 11.3 Å². The summed E-state index contributed by atoms with van der Waals surface area (Å²) in [6.07, 6.45) is 0. The van der Waals surface area contributed by atoms with Crippen molar-refractivity contribution in [2.75, 3.05) is 13.1 Å². The van der Waals surface area contributed by atoms with Gasteiger partial charge in [0.25, 0.3) is 5.91 Å². The van der Waals surface area contributed by atoms with Crippen molar-refractivity contribution in [3.05, 3.63) is 53.1 Å². The molecule has 1 amide bonds. The van der Waals surface area contributed by atoms with Gasteiger partial charge < -0.3 is 4.90 Å². The fraction of sp³-hybridized carbons (Fsp3) is 0.294. The van der Waals surface area contributed by atoms with Gasteiger partial charge in [-0.3, -0.25) is 4.79 Å². The van der Waals surface area contributed by atoms with Crippen molar-refractivity contribution >= 4 is 17.2 Å². The van der Waals surface area contributed by atoms with E-state index >= 15 is 0 Å². The second-order valence-corrected chi connectivity index (χ2v) is 6.08. The summed E-state index contributed by atoms with van der Waals surface area (Å²) in [6.45, 7) is 11.0. The summed E-state index contributed by atoms with van der Waals surface area (Å²) in [6, 6.07) is 9.96. The molecule has 2 rings (SSSR count). The number of carbonyl (C=O) groups is 1. The first-order valence-electron chi connectivity index (χ1n) is 6.99. The predicted molar refractivity (Wildman–Crippen MR) is 88.7 cm³/mol. The number of likely N-dealkylation sites (N-methyl/N-ethyl adjacent to an activating group) is 1. The van der Waals surface area contributed by atoms with E-state index in [9.17, 15) is 4.79 Å². The Morgan fingerprint density at radius 2 is 2.00 bits per heavy atom. The predicted octanol–water partition coefficient (Wildman–Crippen LogP) is 4.16. The Bertz CT molecular complexity index is 646. The Hall–Kier alpha value is -1.94. The van der Waals surface area contributed by atoms with Crippen molar-refractivity contribution in [3.63, 3.8) is 0 Å². The average molecular weight is 300 g/mol. The molecule has 110 valence electrons. The van der Waals surface area contributed by atoms with Gasteiger partial charge >= 0.3 is 0 Å². The molecule has 0 aliphatic carbocycles. The summed E-state index contributed by atoms with van der Waals surface area (Å²) >= 11 is 1.46. The largest absolute Gasteiger partial charge is 0.334 e. The van der Waals surface area contributed by atoms with Crippen LogP contribution in [-0.2, 0) is 0 Å². The SMILES string of the molecule is C=C(C)CN(CC)C(=O)c1sc(-c2ccccc2)nc1C. The zero-order valence-electron chi connectivity index (χ0n) is 12.7. The van der Waals surface area contributed by atoms with Crippen molar-refractivity contribution in [2.45, 2.75) is 20.8 Å². The molecule has 21 heavy (non-hydrogen) atoms. The van der Waals surface area contributed by atoms with Gasteiger partial charge in [-0.1, -0.05) is 42.5 Å². The van der Waals surface area contributed by atoms with Gasteiger partial charge in [-0.05, 0) is 20.8 Å². The molecule has 0 spiro atoms. The van der Waals surface area contributed by atoms with Crippen LogP contribution in [0, 0.1) is 6.92 Å². The number of aromatic nitrogens is 1. The standard InChI is InChI=1S/C17H20N2OS/c1-5-19(11-12(2)3)17(20)15-13(4)18-16(21-15)14-9-7-6-8-10-14/h6-10H,2,5,11H2,1,3-4H3. The van der Waals surface area contributed by atoms with Gasteiger partial charge in [-0.25, -0.2) is 4.98 Å². The maximum atomic E-state index is 12.6. The lowest BCUT2D eigenvalue weighted by atomic mass is 10.2. The van der Waals surface area contributed by atoms with Gasteiger partial charge in [-0.15, -0.1) is 11.3 Å². The zero-order valence-corrected chi connectivity index (χ0v) is 13.5. The molecule has 1 heterocycles. The fourth-order valence-corrected chi connectivity index (χ4v) is 3.14. The first-order valence-corrected chi connectivity index (χ1v) is 7.81. The number of thiazole rings is 1.